The summed E-state index contributed by atoms with van der Waals surface area (Å²) in [5.41, 5.74) is 4.65. The first-order chi connectivity index (χ1) is 14.6. The fraction of sp³-hybridized carbons (Fsp3) is 0.0417. The Morgan fingerprint density at radius 1 is 0.900 bits per heavy atom. The number of anilines is 1. The van der Waals surface area contributed by atoms with Gasteiger partial charge in [0, 0.05) is 21.1 Å². The molecule has 0 saturated heterocycles. The molecular weight excluding hydrogens is 440 g/mol. The van der Waals surface area contributed by atoms with Crippen molar-refractivity contribution in [1.29, 1.82) is 0 Å². The van der Waals surface area contributed by atoms with E-state index in [1.54, 1.807) is 16.9 Å². The number of hydrogen-bond acceptors (Lipinski definition) is 3. The minimum absolute atomic E-state index is 0.166. The molecule has 0 unspecified atom stereocenters. The van der Waals surface area contributed by atoms with E-state index in [-0.39, 0.29) is 5.91 Å². The second kappa shape index (κ2) is 7.39. The van der Waals surface area contributed by atoms with Crippen molar-refractivity contribution < 1.29 is 4.79 Å². The zero-order valence-corrected chi connectivity index (χ0v) is 17.7. The van der Waals surface area contributed by atoms with Gasteiger partial charge in [-0.25, -0.2) is 0 Å². The third-order valence-electron chi connectivity index (χ3n) is 5.04. The number of amides is 1. The lowest BCUT2D eigenvalue weighted by atomic mass is 10.1. The molecule has 0 spiro atoms. The van der Waals surface area contributed by atoms with Gasteiger partial charge in [-0.3, -0.25) is 4.79 Å². The number of hydrogen-bond donors (Lipinski definition) is 1. The Morgan fingerprint density at radius 3 is 2.47 bits per heavy atom. The zero-order chi connectivity index (χ0) is 20.7. The Morgan fingerprint density at radius 2 is 1.63 bits per heavy atom. The lowest BCUT2D eigenvalue weighted by Gasteiger charge is -2.08. The molecule has 0 aliphatic carbocycles. The average molecular weight is 457 g/mol. The number of halogens is 1. The SMILES string of the molecule is Cc1cc2nn(-c3cccc4ccccc34)nc2cc1NC(=O)c1cccc(Br)c1. The Labute approximate surface area is 181 Å². The van der Waals surface area contributed by atoms with Gasteiger partial charge in [0.15, 0.2) is 0 Å². The summed E-state index contributed by atoms with van der Waals surface area (Å²) in [6.45, 7) is 1.95. The van der Waals surface area contributed by atoms with Gasteiger partial charge in [-0.15, -0.1) is 15.0 Å². The van der Waals surface area contributed by atoms with Crippen molar-refractivity contribution in [2.75, 3.05) is 5.32 Å². The molecule has 0 fully saturated rings. The van der Waals surface area contributed by atoms with Gasteiger partial charge in [0.2, 0.25) is 0 Å². The molecule has 0 radical (unpaired) electrons. The first-order valence-electron chi connectivity index (χ1n) is 9.51. The van der Waals surface area contributed by atoms with Crippen LogP contribution in [0.25, 0.3) is 27.5 Å². The standard InChI is InChI=1S/C24H17BrN4O/c1-15-12-21-22(14-20(15)26-24(30)17-8-4-9-18(25)13-17)28-29(27-21)23-11-5-7-16-6-2-3-10-19(16)23/h2-14H,1H3,(H,26,30). The van der Waals surface area contributed by atoms with Crippen LogP contribution >= 0.6 is 15.9 Å². The molecular formula is C24H17BrN4O. The molecule has 0 bridgehead atoms. The maximum absolute atomic E-state index is 12.7. The first kappa shape index (κ1) is 18.5. The van der Waals surface area contributed by atoms with Crippen molar-refractivity contribution in [1.82, 2.24) is 15.0 Å². The van der Waals surface area contributed by atoms with Crippen LogP contribution in [0.4, 0.5) is 5.69 Å². The molecule has 5 aromatic rings. The van der Waals surface area contributed by atoms with Crippen molar-refractivity contribution in [3.8, 4) is 5.69 Å². The molecule has 1 aromatic heterocycles. The number of rotatable bonds is 3. The van der Waals surface area contributed by atoms with Crippen molar-refractivity contribution in [3.05, 3.63) is 94.5 Å². The highest BCUT2D eigenvalue weighted by Gasteiger charge is 2.13. The van der Waals surface area contributed by atoms with Crippen LogP contribution < -0.4 is 5.32 Å². The Kier molecular flexibility index (Phi) is 4.56. The van der Waals surface area contributed by atoms with Gasteiger partial charge in [-0.2, -0.15) is 0 Å². The van der Waals surface area contributed by atoms with Crippen LogP contribution in [0, 0.1) is 6.92 Å². The van der Waals surface area contributed by atoms with Gasteiger partial charge in [-0.1, -0.05) is 58.4 Å². The van der Waals surface area contributed by atoms with Crippen LogP contribution in [-0.2, 0) is 0 Å². The molecule has 1 N–H and O–H groups in total. The van der Waals surface area contributed by atoms with E-state index in [4.69, 9.17) is 0 Å². The third-order valence-corrected chi connectivity index (χ3v) is 5.54. The summed E-state index contributed by atoms with van der Waals surface area (Å²) < 4.78 is 0.861. The number of aromatic nitrogens is 3. The number of aryl methyl sites for hydroxylation is 1. The summed E-state index contributed by atoms with van der Waals surface area (Å²) in [4.78, 5) is 14.3. The predicted octanol–water partition coefficient (Wildman–Crippen LogP) is 5.90. The van der Waals surface area contributed by atoms with Crippen LogP contribution in [-0.4, -0.2) is 20.9 Å². The molecule has 5 rings (SSSR count). The normalized spacial score (nSPS) is 11.1. The second-order valence-corrected chi connectivity index (χ2v) is 8.02. The molecule has 0 saturated carbocycles. The lowest BCUT2D eigenvalue weighted by molar-refractivity contribution is 0.102. The van der Waals surface area contributed by atoms with Crippen molar-refractivity contribution >= 4 is 49.3 Å². The topological polar surface area (TPSA) is 59.8 Å². The van der Waals surface area contributed by atoms with Gasteiger partial charge in [-0.05, 0) is 54.3 Å². The highest BCUT2D eigenvalue weighted by Crippen LogP contribution is 2.25. The van der Waals surface area contributed by atoms with E-state index in [2.05, 4.69) is 49.6 Å². The third kappa shape index (κ3) is 3.35. The van der Waals surface area contributed by atoms with E-state index in [0.717, 1.165) is 43.2 Å². The summed E-state index contributed by atoms with van der Waals surface area (Å²) in [6.07, 6.45) is 0. The molecule has 146 valence electrons. The smallest absolute Gasteiger partial charge is 0.255 e. The first-order valence-corrected chi connectivity index (χ1v) is 10.3. The number of carbonyl (C=O) groups excluding carboxylic acids is 1. The van der Waals surface area contributed by atoms with Gasteiger partial charge in [0.05, 0.1) is 5.69 Å². The molecule has 1 amide bonds. The maximum atomic E-state index is 12.7. The van der Waals surface area contributed by atoms with E-state index in [0.29, 0.717) is 5.56 Å². The summed E-state index contributed by atoms with van der Waals surface area (Å²) >= 11 is 3.40. The fourth-order valence-electron chi connectivity index (χ4n) is 3.52. The Hall–Kier alpha value is -3.51. The van der Waals surface area contributed by atoms with Crippen molar-refractivity contribution in [2.45, 2.75) is 6.92 Å². The number of carbonyl (C=O) groups is 1. The number of nitrogens with zero attached hydrogens (tertiary/aromatic N) is 3. The number of fused-ring (bicyclic) bond motifs is 2. The quantitative estimate of drug-likeness (QED) is 0.367. The van der Waals surface area contributed by atoms with Gasteiger partial charge < -0.3 is 5.32 Å². The van der Waals surface area contributed by atoms with Gasteiger partial charge in [0.1, 0.15) is 11.0 Å². The highest BCUT2D eigenvalue weighted by molar-refractivity contribution is 9.10. The van der Waals surface area contributed by atoms with E-state index in [1.165, 1.54) is 0 Å². The fourth-order valence-corrected chi connectivity index (χ4v) is 3.92. The van der Waals surface area contributed by atoms with Crippen molar-refractivity contribution in [2.24, 2.45) is 0 Å². The average Bonchev–Trinajstić information content (AvgIpc) is 3.16. The molecule has 0 aliphatic heterocycles. The molecule has 5 nitrogen and oxygen atoms in total. The summed E-state index contributed by atoms with van der Waals surface area (Å²) in [5, 5.41) is 14.6. The van der Waals surface area contributed by atoms with Crippen LogP contribution in [0.2, 0.25) is 0 Å². The molecule has 4 aromatic carbocycles. The summed E-state index contributed by atoms with van der Waals surface area (Å²) in [6, 6.07) is 25.4. The second-order valence-electron chi connectivity index (χ2n) is 7.11. The zero-order valence-electron chi connectivity index (χ0n) is 16.1. The number of benzene rings is 4. The highest BCUT2D eigenvalue weighted by atomic mass is 79.9. The summed E-state index contributed by atoms with van der Waals surface area (Å²) in [7, 11) is 0. The van der Waals surface area contributed by atoms with E-state index < -0.39 is 0 Å². The Balaban J connectivity index is 1.54. The van der Waals surface area contributed by atoms with Crippen LogP contribution in [0.1, 0.15) is 15.9 Å². The molecule has 0 atom stereocenters. The van der Waals surface area contributed by atoms with Crippen molar-refractivity contribution in [3.63, 3.8) is 0 Å². The Bertz CT molecular complexity index is 1420. The molecule has 0 aliphatic rings. The van der Waals surface area contributed by atoms with Gasteiger partial charge in [0.25, 0.3) is 5.91 Å². The number of nitrogens with one attached hydrogen (secondary N) is 1. The van der Waals surface area contributed by atoms with Gasteiger partial charge >= 0.3 is 0 Å². The van der Waals surface area contributed by atoms with Crippen LogP contribution in [0.3, 0.4) is 0 Å². The lowest BCUT2D eigenvalue weighted by Crippen LogP contribution is -2.12. The van der Waals surface area contributed by atoms with Crippen LogP contribution in [0.5, 0.6) is 0 Å². The largest absolute Gasteiger partial charge is 0.322 e. The van der Waals surface area contributed by atoms with E-state index >= 15 is 0 Å². The minimum atomic E-state index is -0.166. The van der Waals surface area contributed by atoms with Crippen LogP contribution in [0.15, 0.2) is 83.3 Å². The monoisotopic (exact) mass is 456 g/mol. The maximum Gasteiger partial charge on any atom is 0.255 e. The molecule has 1 heterocycles. The minimum Gasteiger partial charge on any atom is -0.322 e. The summed E-state index contributed by atoms with van der Waals surface area (Å²) in [5.74, 6) is -0.166. The van der Waals surface area contributed by atoms with E-state index in [1.807, 2.05) is 55.5 Å². The molecule has 30 heavy (non-hydrogen) atoms. The van der Waals surface area contributed by atoms with E-state index in [9.17, 15) is 4.79 Å². The predicted molar refractivity (Wildman–Crippen MR) is 123 cm³/mol. The molecule has 6 heteroatoms.